The second-order valence-electron chi connectivity index (χ2n) is 19.8. The van der Waals surface area contributed by atoms with Crippen LogP contribution >= 0.6 is 0 Å². The zero-order chi connectivity index (χ0) is 47.5. The predicted molar refractivity (Wildman–Crippen MR) is 300 cm³/mol. The Morgan fingerprint density at radius 1 is 0.329 bits per heavy atom. The average molecular weight is 921 g/mol. The second kappa shape index (κ2) is 22.0. The van der Waals surface area contributed by atoms with Crippen LogP contribution in [-0.2, 0) is 38.5 Å². The van der Waals surface area contributed by atoms with Crippen molar-refractivity contribution in [2.45, 2.75) is 64.3 Å². The third-order valence-corrected chi connectivity index (χ3v) is 19.5. The van der Waals surface area contributed by atoms with Crippen LogP contribution in [-0.4, -0.2) is 8.07 Å². The standard InChI is InChI=1S/C69H64Si/c1-3-52(2)65-34-35-66(51-65)70(67-45-59(36-53-22-10-4-11-23-53)42-60(46-67)37-54-24-12-5-13-25-54,68-47-61(38-55-26-14-6-15-27-55)43-62(48-68)39-56-28-16-7-17-29-56)69-49-63(40-57-30-18-8-19-31-57)44-64(50-69)41-58-32-20-9-21-33-58/h4-35,42-52,66H,3,36-41H2,1-2H3. The summed E-state index contributed by atoms with van der Waals surface area (Å²) in [5.41, 5.74) is 17.9. The van der Waals surface area contributed by atoms with E-state index in [4.69, 9.17) is 0 Å². The van der Waals surface area contributed by atoms with Crippen LogP contribution < -0.4 is 15.6 Å². The van der Waals surface area contributed by atoms with Gasteiger partial charge >= 0.3 is 0 Å². The molecule has 1 aliphatic rings. The first kappa shape index (κ1) is 46.4. The highest BCUT2D eigenvalue weighted by Gasteiger charge is 2.47. The summed E-state index contributed by atoms with van der Waals surface area (Å²) in [4.78, 5) is 0. The molecule has 9 aromatic carbocycles. The summed E-state index contributed by atoms with van der Waals surface area (Å²) in [7, 11) is -3.15. The van der Waals surface area contributed by atoms with Crippen molar-refractivity contribution >= 4 is 23.6 Å². The van der Waals surface area contributed by atoms with Crippen molar-refractivity contribution in [2.24, 2.45) is 5.92 Å². The Labute approximate surface area is 418 Å². The summed E-state index contributed by atoms with van der Waals surface area (Å²) in [5.74, 6) is 0.460. The maximum Gasteiger partial charge on any atom is 0.158 e. The zero-order valence-electron chi connectivity index (χ0n) is 40.9. The van der Waals surface area contributed by atoms with Gasteiger partial charge < -0.3 is 0 Å². The van der Waals surface area contributed by atoms with E-state index >= 15 is 0 Å². The van der Waals surface area contributed by atoms with Crippen molar-refractivity contribution in [1.82, 2.24) is 0 Å². The van der Waals surface area contributed by atoms with Gasteiger partial charge in [0.25, 0.3) is 0 Å². The molecule has 0 N–H and O–H groups in total. The van der Waals surface area contributed by atoms with Gasteiger partial charge in [-0.2, -0.15) is 0 Å². The molecule has 344 valence electrons. The van der Waals surface area contributed by atoms with Gasteiger partial charge in [0.2, 0.25) is 0 Å². The molecule has 0 aromatic heterocycles. The van der Waals surface area contributed by atoms with Crippen molar-refractivity contribution in [2.75, 3.05) is 0 Å². The summed E-state index contributed by atoms with van der Waals surface area (Å²) in [5, 5.41) is 4.44. The highest BCUT2D eigenvalue weighted by atomic mass is 28.3. The molecule has 2 unspecified atom stereocenters. The van der Waals surface area contributed by atoms with Crippen molar-refractivity contribution < 1.29 is 0 Å². The Morgan fingerprint density at radius 2 is 0.571 bits per heavy atom. The fourth-order valence-corrected chi connectivity index (χ4v) is 16.5. The third-order valence-electron chi connectivity index (χ3n) is 14.6. The first-order chi connectivity index (χ1) is 34.5. The first-order valence-electron chi connectivity index (χ1n) is 25.5. The topological polar surface area (TPSA) is 0 Å². The van der Waals surface area contributed by atoms with Crippen molar-refractivity contribution in [3.8, 4) is 0 Å². The van der Waals surface area contributed by atoms with Gasteiger partial charge in [0.05, 0.1) is 0 Å². The molecule has 0 aliphatic heterocycles. The molecule has 0 bridgehead atoms. The second-order valence-corrected chi connectivity index (χ2v) is 23.8. The molecule has 1 heteroatoms. The number of allylic oxidation sites excluding steroid dienone is 4. The molecule has 70 heavy (non-hydrogen) atoms. The van der Waals surface area contributed by atoms with E-state index in [1.807, 2.05) is 0 Å². The quantitative estimate of drug-likeness (QED) is 0.0594. The number of benzene rings is 9. The lowest BCUT2D eigenvalue weighted by molar-refractivity contribution is 0.671. The predicted octanol–water partition coefficient (Wildman–Crippen LogP) is 14.6. The van der Waals surface area contributed by atoms with Crippen LogP contribution in [0.5, 0.6) is 0 Å². The lowest BCUT2D eigenvalue weighted by Crippen LogP contribution is -2.69. The van der Waals surface area contributed by atoms with Crippen molar-refractivity contribution in [3.05, 3.63) is 327 Å². The molecule has 0 nitrogen and oxygen atoms in total. The number of hydrogen-bond donors (Lipinski definition) is 0. The smallest absolute Gasteiger partial charge is 0.0790 e. The Morgan fingerprint density at radius 3 is 0.800 bits per heavy atom. The lowest BCUT2D eigenvalue weighted by atomic mass is 9.99. The van der Waals surface area contributed by atoms with E-state index in [1.54, 1.807) is 0 Å². The van der Waals surface area contributed by atoms with Gasteiger partial charge in [-0.25, -0.2) is 0 Å². The van der Waals surface area contributed by atoms with Gasteiger partial charge in [-0.3, -0.25) is 0 Å². The molecule has 0 saturated carbocycles. The average Bonchev–Trinajstić information content (AvgIpc) is 3.89. The molecule has 10 rings (SSSR count). The molecule has 0 heterocycles. The molecule has 9 aromatic rings. The summed E-state index contributed by atoms with van der Waals surface area (Å²) < 4.78 is 0. The van der Waals surface area contributed by atoms with Gasteiger partial charge in [-0.05, 0) is 139 Å². The molecule has 2 atom stereocenters. The molecule has 0 saturated heterocycles. The highest BCUT2D eigenvalue weighted by molar-refractivity contribution is 7.13. The Bertz CT molecular complexity index is 2680. The van der Waals surface area contributed by atoms with Crippen LogP contribution in [0.25, 0.3) is 0 Å². The van der Waals surface area contributed by atoms with Gasteiger partial charge in [0.1, 0.15) is 0 Å². The minimum atomic E-state index is -3.15. The fourth-order valence-electron chi connectivity index (χ4n) is 11.0. The molecule has 0 fully saturated rings. The van der Waals surface area contributed by atoms with Gasteiger partial charge in [0, 0.05) is 5.54 Å². The molecule has 0 radical (unpaired) electrons. The largest absolute Gasteiger partial charge is 0.158 e. The summed E-state index contributed by atoms with van der Waals surface area (Å²) in [6, 6.07) is 90.0. The minimum Gasteiger partial charge on any atom is -0.0790 e. The van der Waals surface area contributed by atoms with E-state index in [1.165, 1.54) is 87.9 Å². The summed E-state index contributed by atoms with van der Waals surface area (Å²) in [6.45, 7) is 4.75. The molecule has 0 amide bonds. The maximum atomic E-state index is 2.71. The Kier molecular flexibility index (Phi) is 14.6. The molecular formula is C69H64Si. The van der Waals surface area contributed by atoms with Gasteiger partial charge in [-0.15, -0.1) is 0 Å². The molecule has 0 spiro atoms. The van der Waals surface area contributed by atoms with E-state index in [0.29, 0.717) is 5.92 Å². The maximum absolute atomic E-state index is 3.15. The molecule has 1 aliphatic carbocycles. The highest BCUT2D eigenvalue weighted by Crippen LogP contribution is 2.37. The van der Waals surface area contributed by atoms with E-state index in [0.717, 1.165) is 44.9 Å². The van der Waals surface area contributed by atoms with Crippen LogP contribution in [0.2, 0.25) is 5.54 Å². The van der Waals surface area contributed by atoms with Crippen LogP contribution in [0.3, 0.4) is 0 Å². The SMILES string of the molecule is CCC(C)C1=CC([Si](c2cc(Cc3ccccc3)cc(Cc3ccccc3)c2)(c2cc(Cc3ccccc3)cc(Cc3ccccc3)c2)c2cc(Cc3ccccc3)cc(Cc3ccccc3)c2)C=C1. The third kappa shape index (κ3) is 11.1. The first-order valence-corrected chi connectivity index (χ1v) is 27.6. The lowest BCUT2D eigenvalue weighted by Gasteiger charge is -2.39. The summed E-state index contributed by atoms with van der Waals surface area (Å²) >= 11 is 0. The normalized spacial score (nSPS) is 13.8. The van der Waals surface area contributed by atoms with E-state index < -0.39 is 8.07 Å². The van der Waals surface area contributed by atoms with Crippen LogP contribution in [0, 0.1) is 5.92 Å². The monoisotopic (exact) mass is 920 g/mol. The van der Waals surface area contributed by atoms with Crippen molar-refractivity contribution in [3.63, 3.8) is 0 Å². The summed E-state index contributed by atoms with van der Waals surface area (Å²) in [6.07, 6.45) is 14.2. The molecular weight excluding hydrogens is 857 g/mol. The van der Waals surface area contributed by atoms with Crippen LogP contribution in [0.4, 0.5) is 0 Å². The van der Waals surface area contributed by atoms with Gasteiger partial charge in [-0.1, -0.05) is 269 Å². The fraction of sp³-hybridized carbons (Fsp3) is 0.159. The van der Waals surface area contributed by atoms with Gasteiger partial charge in [0.15, 0.2) is 8.07 Å². The number of hydrogen-bond acceptors (Lipinski definition) is 0. The van der Waals surface area contributed by atoms with E-state index in [2.05, 4.69) is 269 Å². The minimum absolute atomic E-state index is 0.168. The zero-order valence-corrected chi connectivity index (χ0v) is 41.9. The van der Waals surface area contributed by atoms with Crippen LogP contribution in [0.1, 0.15) is 87.0 Å². The van der Waals surface area contributed by atoms with Crippen molar-refractivity contribution in [1.29, 1.82) is 0 Å². The van der Waals surface area contributed by atoms with E-state index in [-0.39, 0.29) is 5.54 Å². The Hall–Kier alpha value is -7.32. The Balaban J connectivity index is 1.31. The number of rotatable bonds is 18. The van der Waals surface area contributed by atoms with E-state index in [9.17, 15) is 0 Å². The van der Waals surface area contributed by atoms with Crippen LogP contribution in [0.15, 0.2) is 260 Å².